The number of carbonyl (C=O) groups is 1. The van der Waals surface area contributed by atoms with Gasteiger partial charge in [-0.3, -0.25) is 14.9 Å². The number of carboxylic acids is 1. The highest BCUT2D eigenvalue weighted by Crippen LogP contribution is 2.35. The highest BCUT2D eigenvalue weighted by molar-refractivity contribution is 6.32. The number of hydrogen-bond acceptors (Lipinski definition) is 5. The Morgan fingerprint density at radius 2 is 2.04 bits per heavy atom. The van der Waals surface area contributed by atoms with E-state index in [0.717, 1.165) is 12.8 Å². The van der Waals surface area contributed by atoms with Gasteiger partial charge in [-0.2, -0.15) is 0 Å². The van der Waals surface area contributed by atoms with E-state index < -0.39 is 16.9 Å². The first-order valence-corrected chi connectivity index (χ1v) is 8.96. The summed E-state index contributed by atoms with van der Waals surface area (Å²) in [4.78, 5) is 22.2. The molecular formula is C19H21ClN2O5. The zero-order chi connectivity index (χ0) is 19.8. The number of nitro groups is 1. The average Bonchev–Trinajstić information content (AvgIpc) is 2.64. The number of halogens is 1. The van der Waals surface area contributed by atoms with Crippen molar-refractivity contribution in [2.45, 2.75) is 38.8 Å². The predicted molar refractivity (Wildman–Crippen MR) is 102 cm³/mol. The normalized spacial score (nSPS) is 11.8. The molecule has 0 spiro atoms. The van der Waals surface area contributed by atoms with Gasteiger partial charge in [0.25, 0.3) is 0 Å². The number of unbranched alkanes of at least 4 members (excludes halogenated alkanes) is 1. The third-order valence-electron chi connectivity index (χ3n) is 3.97. The largest absolute Gasteiger partial charge is 0.480 e. The molecule has 0 bridgehead atoms. The third-order valence-corrected chi connectivity index (χ3v) is 4.29. The van der Waals surface area contributed by atoms with Crippen LogP contribution in [0.4, 0.5) is 5.69 Å². The van der Waals surface area contributed by atoms with Gasteiger partial charge in [0.15, 0.2) is 0 Å². The van der Waals surface area contributed by atoms with E-state index in [-0.39, 0.29) is 18.0 Å². The van der Waals surface area contributed by atoms with Crippen molar-refractivity contribution >= 4 is 23.3 Å². The van der Waals surface area contributed by atoms with E-state index in [1.807, 2.05) is 6.92 Å². The Kier molecular flexibility index (Phi) is 7.57. The molecule has 2 aromatic rings. The molecule has 0 amide bonds. The Balaban J connectivity index is 2.16. The summed E-state index contributed by atoms with van der Waals surface area (Å²) >= 11 is 6.03. The number of benzene rings is 2. The minimum absolute atomic E-state index is 0.0672. The van der Waals surface area contributed by atoms with Crippen molar-refractivity contribution in [3.63, 3.8) is 0 Å². The average molecular weight is 393 g/mol. The first-order valence-electron chi connectivity index (χ1n) is 8.58. The second kappa shape index (κ2) is 9.89. The molecule has 7 nitrogen and oxygen atoms in total. The third kappa shape index (κ3) is 5.94. The van der Waals surface area contributed by atoms with Crippen molar-refractivity contribution in [1.82, 2.24) is 5.32 Å². The van der Waals surface area contributed by atoms with E-state index in [2.05, 4.69) is 5.32 Å². The van der Waals surface area contributed by atoms with E-state index in [4.69, 9.17) is 16.3 Å². The molecule has 144 valence electrons. The summed E-state index contributed by atoms with van der Waals surface area (Å²) < 4.78 is 5.59. The van der Waals surface area contributed by atoms with Gasteiger partial charge in [0.2, 0.25) is 5.75 Å². The van der Waals surface area contributed by atoms with Gasteiger partial charge >= 0.3 is 11.7 Å². The summed E-state index contributed by atoms with van der Waals surface area (Å²) in [5, 5.41) is 23.9. The fraction of sp³-hybridized carbons (Fsp3) is 0.316. The minimum Gasteiger partial charge on any atom is -0.480 e. The van der Waals surface area contributed by atoms with Gasteiger partial charge in [-0.15, -0.1) is 0 Å². The summed E-state index contributed by atoms with van der Waals surface area (Å²) in [6, 6.07) is 10.5. The van der Waals surface area contributed by atoms with Crippen LogP contribution in [-0.2, 0) is 11.3 Å². The smallest absolute Gasteiger partial charge is 0.320 e. The van der Waals surface area contributed by atoms with Gasteiger partial charge in [0, 0.05) is 12.6 Å². The van der Waals surface area contributed by atoms with Crippen LogP contribution in [0, 0.1) is 10.1 Å². The molecule has 0 heterocycles. The van der Waals surface area contributed by atoms with Crippen molar-refractivity contribution in [2.24, 2.45) is 0 Å². The molecule has 0 radical (unpaired) electrons. The second-order valence-electron chi connectivity index (χ2n) is 6.01. The molecular weight excluding hydrogens is 372 g/mol. The maximum absolute atomic E-state index is 11.4. The fourth-order valence-electron chi connectivity index (χ4n) is 2.51. The van der Waals surface area contributed by atoms with Crippen LogP contribution in [0.2, 0.25) is 5.02 Å². The van der Waals surface area contributed by atoms with Crippen molar-refractivity contribution in [3.05, 3.63) is 63.2 Å². The summed E-state index contributed by atoms with van der Waals surface area (Å²) in [7, 11) is 0. The van der Waals surface area contributed by atoms with Gasteiger partial charge in [0.1, 0.15) is 11.8 Å². The number of carboxylic acid groups (broad SMARTS) is 1. The Morgan fingerprint density at radius 3 is 2.67 bits per heavy atom. The molecule has 0 fully saturated rings. The topological polar surface area (TPSA) is 102 Å². The van der Waals surface area contributed by atoms with E-state index in [1.54, 1.807) is 30.3 Å². The molecule has 2 N–H and O–H groups in total. The van der Waals surface area contributed by atoms with Gasteiger partial charge in [-0.1, -0.05) is 49.6 Å². The lowest BCUT2D eigenvalue weighted by Gasteiger charge is -2.14. The summed E-state index contributed by atoms with van der Waals surface area (Å²) in [5.41, 5.74) is 0.380. The first kappa shape index (κ1) is 20.7. The number of nitro benzene ring substituents is 1. The van der Waals surface area contributed by atoms with E-state index in [1.165, 1.54) is 12.1 Å². The predicted octanol–water partition coefficient (Wildman–Crippen LogP) is 4.77. The van der Waals surface area contributed by atoms with Crippen LogP contribution in [0.25, 0.3) is 0 Å². The Hall–Kier alpha value is -2.64. The van der Waals surface area contributed by atoms with Crippen molar-refractivity contribution in [1.29, 1.82) is 0 Å². The molecule has 0 aliphatic heterocycles. The van der Waals surface area contributed by atoms with Crippen LogP contribution in [0.1, 0.15) is 31.7 Å². The lowest BCUT2D eigenvalue weighted by molar-refractivity contribution is -0.385. The highest BCUT2D eigenvalue weighted by Gasteiger charge is 2.20. The number of ether oxygens (including phenoxy) is 1. The molecule has 0 saturated heterocycles. The van der Waals surface area contributed by atoms with Crippen LogP contribution < -0.4 is 10.1 Å². The van der Waals surface area contributed by atoms with Gasteiger partial charge in [0.05, 0.1) is 9.95 Å². The molecule has 0 aromatic heterocycles. The molecule has 2 aromatic carbocycles. The molecule has 0 unspecified atom stereocenters. The number of aliphatic carboxylic acids is 1. The van der Waals surface area contributed by atoms with Gasteiger partial charge in [-0.05, 0) is 30.2 Å². The first-order chi connectivity index (χ1) is 12.9. The van der Waals surface area contributed by atoms with E-state index in [0.29, 0.717) is 22.8 Å². The van der Waals surface area contributed by atoms with E-state index in [9.17, 15) is 20.0 Å². The number of nitrogens with one attached hydrogen (secondary N) is 1. The Bertz CT molecular complexity index is 812. The van der Waals surface area contributed by atoms with Crippen LogP contribution in [0.3, 0.4) is 0 Å². The molecule has 0 aliphatic rings. The summed E-state index contributed by atoms with van der Waals surface area (Å²) in [6.07, 6.45) is 2.18. The zero-order valence-corrected chi connectivity index (χ0v) is 15.6. The zero-order valence-electron chi connectivity index (χ0n) is 14.9. The Labute approximate surface area is 162 Å². The summed E-state index contributed by atoms with van der Waals surface area (Å²) in [6.45, 7) is 2.19. The molecule has 0 aliphatic carbocycles. The monoisotopic (exact) mass is 392 g/mol. The van der Waals surface area contributed by atoms with E-state index >= 15 is 0 Å². The number of nitrogens with zero attached hydrogens (tertiary/aromatic N) is 1. The maximum Gasteiger partial charge on any atom is 0.320 e. The molecule has 0 saturated carbocycles. The lowest BCUT2D eigenvalue weighted by Crippen LogP contribution is -2.36. The maximum atomic E-state index is 11.4. The van der Waals surface area contributed by atoms with Crippen LogP contribution >= 0.6 is 11.6 Å². The SMILES string of the molecule is CCCC[C@H](NCc1ccc(Oc2ccccc2Cl)c([N+](=O)[O-])c1)C(=O)O. The van der Waals surface area contributed by atoms with Crippen molar-refractivity contribution in [2.75, 3.05) is 0 Å². The van der Waals surface area contributed by atoms with Crippen LogP contribution in [0.15, 0.2) is 42.5 Å². The highest BCUT2D eigenvalue weighted by atomic mass is 35.5. The molecule has 8 heteroatoms. The number of para-hydroxylation sites is 1. The Morgan fingerprint density at radius 1 is 1.30 bits per heavy atom. The minimum atomic E-state index is -0.934. The van der Waals surface area contributed by atoms with Crippen LogP contribution in [-0.4, -0.2) is 22.0 Å². The second-order valence-corrected chi connectivity index (χ2v) is 6.41. The standard InChI is InChI=1S/C19H21ClN2O5/c1-2-3-7-15(19(23)24)21-12-13-9-10-18(16(11-13)22(25)26)27-17-8-5-4-6-14(17)20/h4-6,8-11,15,21H,2-3,7,12H2,1H3,(H,23,24)/t15-/m0/s1. The van der Waals surface area contributed by atoms with Crippen molar-refractivity contribution in [3.8, 4) is 11.5 Å². The molecule has 27 heavy (non-hydrogen) atoms. The fourth-order valence-corrected chi connectivity index (χ4v) is 2.68. The number of hydrogen-bond donors (Lipinski definition) is 2. The molecule has 1 atom stereocenters. The quantitative estimate of drug-likeness (QED) is 0.446. The lowest BCUT2D eigenvalue weighted by atomic mass is 10.1. The summed E-state index contributed by atoms with van der Waals surface area (Å²) in [5.74, 6) is -0.548. The van der Waals surface area contributed by atoms with Crippen LogP contribution in [0.5, 0.6) is 11.5 Å². The van der Waals surface area contributed by atoms with Gasteiger partial charge in [-0.25, -0.2) is 0 Å². The van der Waals surface area contributed by atoms with Crippen molar-refractivity contribution < 1.29 is 19.6 Å². The molecule has 2 rings (SSSR count). The number of rotatable bonds is 10. The van der Waals surface area contributed by atoms with Gasteiger partial charge < -0.3 is 15.2 Å².